The summed E-state index contributed by atoms with van der Waals surface area (Å²) in [6.07, 6.45) is 2.81. The SMILES string of the molecule is CC(C)(CO)CNCc1cncc(F)c1. The molecule has 0 radical (unpaired) electrons. The van der Waals surface area contributed by atoms with E-state index in [0.29, 0.717) is 13.1 Å². The van der Waals surface area contributed by atoms with E-state index in [4.69, 9.17) is 5.11 Å². The first-order valence-corrected chi connectivity index (χ1v) is 4.94. The predicted molar refractivity (Wildman–Crippen MR) is 56.8 cm³/mol. The third-order valence-electron chi connectivity index (χ3n) is 2.12. The number of hydrogen-bond donors (Lipinski definition) is 2. The van der Waals surface area contributed by atoms with Crippen LogP contribution in [-0.4, -0.2) is 23.2 Å². The van der Waals surface area contributed by atoms with Crippen molar-refractivity contribution in [2.24, 2.45) is 5.41 Å². The van der Waals surface area contributed by atoms with E-state index in [-0.39, 0.29) is 17.8 Å². The molecule has 1 aromatic rings. The van der Waals surface area contributed by atoms with E-state index in [9.17, 15) is 4.39 Å². The summed E-state index contributed by atoms with van der Waals surface area (Å²) >= 11 is 0. The Bertz CT molecular complexity index is 315. The van der Waals surface area contributed by atoms with Gasteiger partial charge in [0.2, 0.25) is 0 Å². The second kappa shape index (κ2) is 5.19. The molecule has 4 heteroatoms. The molecule has 0 aliphatic heterocycles. The van der Waals surface area contributed by atoms with E-state index < -0.39 is 0 Å². The summed E-state index contributed by atoms with van der Waals surface area (Å²) in [6, 6.07) is 1.45. The van der Waals surface area contributed by atoms with Gasteiger partial charge in [-0.15, -0.1) is 0 Å². The van der Waals surface area contributed by atoms with Gasteiger partial charge >= 0.3 is 0 Å². The average Bonchev–Trinajstić information content (AvgIpc) is 2.18. The Morgan fingerprint density at radius 2 is 2.20 bits per heavy atom. The van der Waals surface area contributed by atoms with E-state index in [1.807, 2.05) is 13.8 Å². The fourth-order valence-electron chi connectivity index (χ4n) is 1.15. The predicted octanol–water partition coefficient (Wildman–Crippen LogP) is 1.33. The molecule has 0 saturated heterocycles. The molecule has 1 heterocycles. The Balaban J connectivity index is 2.38. The number of aliphatic hydroxyl groups is 1. The van der Waals surface area contributed by atoms with Crippen molar-refractivity contribution >= 4 is 0 Å². The zero-order chi connectivity index (χ0) is 11.3. The van der Waals surface area contributed by atoms with Crippen molar-refractivity contribution < 1.29 is 9.50 Å². The van der Waals surface area contributed by atoms with Crippen LogP contribution < -0.4 is 5.32 Å². The van der Waals surface area contributed by atoms with Gasteiger partial charge in [-0.2, -0.15) is 0 Å². The van der Waals surface area contributed by atoms with Crippen molar-refractivity contribution in [1.82, 2.24) is 10.3 Å². The normalized spacial score (nSPS) is 11.7. The molecule has 84 valence electrons. The zero-order valence-corrected chi connectivity index (χ0v) is 9.13. The van der Waals surface area contributed by atoms with E-state index in [1.165, 1.54) is 12.3 Å². The lowest BCUT2D eigenvalue weighted by molar-refractivity contribution is 0.156. The topological polar surface area (TPSA) is 45.1 Å². The summed E-state index contributed by atoms with van der Waals surface area (Å²) in [5, 5.41) is 12.2. The molecule has 1 aromatic heterocycles. The van der Waals surface area contributed by atoms with Gasteiger partial charge in [0, 0.05) is 31.3 Å². The second-order valence-electron chi connectivity index (χ2n) is 4.44. The maximum atomic E-state index is 12.8. The Morgan fingerprint density at radius 3 is 2.80 bits per heavy atom. The van der Waals surface area contributed by atoms with Gasteiger partial charge < -0.3 is 10.4 Å². The second-order valence-corrected chi connectivity index (χ2v) is 4.44. The van der Waals surface area contributed by atoms with Gasteiger partial charge in [-0.1, -0.05) is 13.8 Å². The lowest BCUT2D eigenvalue weighted by atomic mass is 9.95. The molecule has 0 saturated carbocycles. The molecule has 0 bridgehead atoms. The average molecular weight is 212 g/mol. The fourth-order valence-corrected chi connectivity index (χ4v) is 1.15. The highest BCUT2D eigenvalue weighted by Crippen LogP contribution is 2.11. The third-order valence-corrected chi connectivity index (χ3v) is 2.12. The minimum atomic E-state index is -0.323. The van der Waals surface area contributed by atoms with Gasteiger partial charge in [0.25, 0.3) is 0 Å². The van der Waals surface area contributed by atoms with Crippen molar-refractivity contribution in [1.29, 1.82) is 0 Å². The first-order chi connectivity index (χ1) is 7.03. The lowest BCUT2D eigenvalue weighted by Gasteiger charge is -2.21. The van der Waals surface area contributed by atoms with E-state index in [0.717, 1.165) is 5.56 Å². The van der Waals surface area contributed by atoms with Crippen molar-refractivity contribution in [2.75, 3.05) is 13.2 Å². The smallest absolute Gasteiger partial charge is 0.141 e. The van der Waals surface area contributed by atoms with Crippen LogP contribution in [0.15, 0.2) is 18.5 Å². The number of aromatic nitrogens is 1. The minimum absolute atomic E-state index is 0.126. The molecule has 2 N–H and O–H groups in total. The molecule has 0 fully saturated rings. The highest BCUT2D eigenvalue weighted by molar-refractivity contribution is 5.09. The van der Waals surface area contributed by atoms with Crippen molar-refractivity contribution in [3.05, 3.63) is 29.8 Å². The number of halogens is 1. The lowest BCUT2D eigenvalue weighted by Crippen LogP contribution is -2.31. The van der Waals surface area contributed by atoms with Crippen LogP contribution in [0.5, 0.6) is 0 Å². The molecule has 0 atom stereocenters. The first kappa shape index (κ1) is 12.1. The maximum absolute atomic E-state index is 12.8. The van der Waals surface area contributed by atoms with Gasteiger partial charge in [-0.05, 0) is 11.6 Å². The van der Waals surface area contributed by atoms with Crippen molar-refractivity contribution in [3.8, 4) is 0 Å². The highest BCUT2D eigenvalue weighted by Gasteiger charge is 2.15. The van der Waals surface area contributed by atoms with Crippen LogP contribution in [0.2, 0.25) is 0 Å². The number of nitrogens with zero attached hydrogens (tertiary/aromatic N) is 1. The Morgan fingerprint density at radius 1 is 1.47 bits per heavy atom. The Kier molecular flexibility index (Phi) is 4.17. The van der Waals surface area contributed by atoms with Gasteiger partial charge in [0.05, 0.1) is 6.20 Å². The quantitative estimate of drug-likeness (QED) is 0.774. The summed E-state index contributed by atoms with van der Waals surface area (Å²) in [5.41, 5.74) is 0.657. The monoisotopic (exact) mass is 212 g/mol. The highest BCUT2D eigenvalue weighted by atomic mass is 19.1. The molecule has 0 aliphatic rings. The summed E-state index contributed by atoms with van der Waals surface area (Å²) in [6.45, 7) is 5.29. The molecule has 0 aromatic carbocycles. The molecule has 0 spiro atoms. The van der Waals surface area contributed by atoms with Gasteiger partial charge in [0.1, 0.15) is 5.82 Å². The van der Waals surface area contributed by atoms with Crippen LogP contribution in [0.25, 0.3) is 0 Å². The van der Waals surface area contributed by atoms with E-state index >= 15 is 0 Å². The third kappa shape index (κ3) is 4.36. The number of nitrogens with one attached hydrogen (secondary N) is 1. The molecule has 15 heavy (non-hydrogen) atoms. The van der Waals surface area contributed by atoms with Gasteiger partial charge in [-0.3, -0.25) is 4.98 Å². The van der Waals surface area contributed by atoms with Crippen LogP contribution in [0.1, 0.15) is 19.4 Å². The number of pyridine rings is 1. The molecular formula is C11H17FN2O. The van der Waals surface area contributed by atoms with Crippen molar-refractivity contribution in [2.45, 2.75) is 20.4 Å². The standard InChI is InChI=1S/C11H17FN2O/c1-11(2,8-15)7-14-5-9-3-10(12)6-13-4-9/h3-4,6,14-15H,5,7-8H2,1-2H3. The Labute approximate surface area is 89.4 Å². The number of aliphatic hydroxyl groups excluding tert-OH is 1. The number of hydrogen-bond acceptors (Lipinski definition) is 3. The van der Waals surface area contributed by atoms with Crippen LogP contribution in [0.3, 0.4) is 0 Å². The molecule has 3 nitrogen and oxygen atoms in total. The summed E-state index contributed by atoms with van der Waals surface area (Å²) in [4.78, 5) is 3.76. The minimum Gasteiger partial charge on any atom is -0.396 e. The molecule has 1 rings (SSSR count). The fraction of sp³-hybridized carbons (Fsp3) is 0.545. The molecular weight excluding hydrogens is 195 g/mol. The molecule has 0 aliphatic carbocycles. The maximum Gasteiger partial charge on any atom is 0.141 e. The van der Waals surface area contributed by atoms with E-state index in [2.05, 4.69) is 10.3 Å². The van der Waals surface area contributed by atoms with Crippen LogP contribution in [-0.2, 0) is 6.54 Å². The van der Waals surface area contributed by atoms with E-state index in [1.54, 1.807) is 6.20 Å². The van der Waals surface area contributed by atoms with Gasteiger partial charge in [-0.25, -0.2) is 4.39 Å². The van der Waals surface area contributed by atoms with Crippen molar-refractivity contribution in [3.63, 3.8) is 0 Å². The largest absolute Gasteiger partial charge is 0.396 e. The summed E-state index contributed by atoms with van der Waals surface area (Å²) in [5.74, 6) is -0.323. The first-order valence-electron chi connectivity index (χ1n) is 4.94. The number of rotatable bonds is 5. The summed E-state index contributed by atoms with van der Waals surface area (Å²) in [7, 11) is 0. The van der Waals surface area contributed by atoms with Crippen LogP contribution >= 0.6 is 0 Å². The zero-order valence-electron chi connectivity index (χ0n) is 9.13. The van der Waals surface area contributed by atoms with Gasteiger partial charge in [0.15, 0.2) is 0 Å². The molecule has 0 unspecified atom stereocenters. The van der Waals surface area contributed by atoms with Crippen LogP contribution in [0, 0.1) is 11.2 Å². The van der Waals surface area contributed by atoms with Crippen LogP contribution in [0.4, 0.5) is 4.39 Å². The Hall–Kier alpha value is -1.00. The molecule has 0 amide bonds. The summed E-state index contributed by atoms with van der Waals surface area (Å²) < 4.78 is 12.8.